The molecule has 0 aromatic heterocycles. The molecule has 0 aromatic rings. The third kappa shape index (κ3) is 21.1. The van der Waals surface area contributed by atoms with Crippen LogP contribution in [-0.4, -0.2) is 45.7 Å². The zero-order valence-corrected chi connectivity index (χ0v) is 22.4. The molecule has 0 radical (unpaired) electrons. The van der Waals surface area contributed by atoms with E-state index in [1.54, 1.807) is 0 Å². The Morgan fingerprint density at radius 1 is 0.583 bits per heavy atom. The van der Waals surface area contributed by atoms with E-state index in [4.69, 9.17) is 5.11 Å². The second-order valence-corrected chi connectivity index (χ2v) is 9.82. The molecule has 1 atom stereocenters. The fourth-order valence-corrected chi connectivity index (χ4v) is 4.13. The zero-order chi connectivity index (χ0) is 27.0. The highest BCUT2D eigenvalue weighted by molar-refractivity contribution is 6.32. The molecule has 1 amide bonds. The first-order valence-electron chi connectivity index (χ1n) is 14.1. The van der Waals surface area contributed by atoms with Crippen molar-refractivity contribution in [3.63, 3.8) is 0 Å². The number of carbonyl (C=O) groups excluding carboxylic acids is 3. The van der Waals surface area contributed by atoms with Crippen LogP contribution in [0.2, 0.25) is 0 Å². The van der Waals surface area contributed by atoms with Gasteiger partial charge < -0.3 is 15.5 Å². The lowest BCUT2D eigenvalue weighted by molar-refractivity contribution is -0.149. The molecule has 8 nitrogen and oxygen atoms in total. The van der Waals surface area contributed by atoms with Crippen LogP contribution < -0.4 is 5.32 Å². The van der Waals surface area contributed by atoms with Crippen LogP contribution >= 0.6 is 0 Å². The molecule has 208 valence electrons. The molecule has 3 N–H and O–H groups in total. The molecule has 0 saturated carbocycles. The summed E-state index contributed by atoms with van der Waals surface area (Å²) in [5.74, 6) is -3.30. The minimum atomic E-state index is -1.33. The Labute approximate surface area is 217 Å². The molecule has 0 spiro atoms. The van der Waals surface area contributed by atoms with E-state index < -0.39 is 23.8 Å². The fraction of sp³-hybridized carbons (Fsp3) is 0.821. The van der Waals surface area contributed by atoms with Crippen molar-refractivity contribution in [1.29, 1.82) is 0 Å². The number of carboxylic acids is 2. The minimum Gasteiger partial charge on any atom is -0.480 e. The quantitative estimate of drug-likeness (QED) is 0.0957. The van der Waals surface area contributed by atoms with Gasteiger partial charge in [-0.05, 0) is 25.7 Å². The van der Waals surface area contributed by atoms with Crippen LogP contribution in [0.25, 0.3) is 0 Å². The number of hydrogen-bond acceptors (Lipinski definition) is 5. The number of aliphatic carboxylic acids is 2. The van der Waals surface area contributed by atoms with Crippen LogP contribution in [0, 0.1) is 0 Å². The summed E-state index contributed by atoms with van der Waals surface area (Å²) >= 11 is 0. The van der Waals surface area contributed by atoms with Gasteiger partial charge in [0.2, 0.25) is 11.7 Å². The van der Waals surface area contributed by atoms with Crippen molar-refractivity contribution in [3.05, 3.63) is 0 Å². The van der Waals surface area contributed by atoms with Gasteiger partial charge in [-0.3, -0.25) is 14.4 Å². The Balaban J connectivity index is 3.55. The van der Waals surface area contributed by atoms with Crippen LogP contribution in [0.4, 0.5) is 0 Å². The number of carboxylic acid groups (broad SMARTS) is 2. The largest absolute Gasteiger partial charge is 0.480 e. The molecule has 0 aliphatic carbocycles. The van der Waals surface area contributed by atoms with Gasteiger partial charge in [-0.2, -0.15) is 0 Å². The first kappa shape index (κ1) is 33.8. The van der Waals surface area contributed by atoms with Crippen LogP contribution in [0.15, 0.2) is 0 Å². The summed E-state index contributed by atoms with van der Waals surface area (Å²) in [6.45, 7) is 2.00. The summed E-state index contributed by atoms with van der Waals surface area (Å²) in [4.78, 5) is 56.6. The van der Waals surface area contributed by atoms with Gasteiger partial charge in [-0.15, -0.1) is 0 Å². The predicted molar refractivity (Wildman–Crippen MR) is 140 cm³/mol. The number of amides is 1. The van der Waals surface area contributed by atoms with Gasteiger partial charge in [0.05, 0.1) is 0 Å². The first-order chi connectivity index (χ1) is 17.3. The molecule has 0 bridgehead atoms. The zero-order valence-electron chi connectivity index (χ0n) is 22.4. The SMILES string of the molecule is CCCCC(=O)CC[C@H](NC(=O)CCCCCCCCCCCCCCCCC(=O)C(=O)O)C(=O)O. The van der Waals surface area contributed by atoms with E-state index in [-0.39, 0.29) is 31.0 Å². The number of nitrogens with one attached hydrogen (secondary N) is 1. The molecule has 0 saturated heterocycles. The van der Waals surface area contributed by atoms with Gasteiger partial charge in [0, 0.05) is 25.7 Å². The van der Waals surface area contributed by atoms with E-state index in [9.17, 15) is 29.1 Å². The fourth-order valence-electron chi connectivity index (χ4n) is 4.13. The number of Topliss-reactive ketones (excluding diaryl/α,β-unsaturated/α-hetero) is 2. The average Bonchev–Trinajstić information content (AvgIpc) is 2.84. The summed E-state index contributed by atoms with van der Waals surface area (Å²) < 4.78 is 0. The molecule has 0 aliphatic heterocycles. The molecule has 36 heavy (non-hydrogen) atoms. The molecule has 0 aromatic carbocycles. The Morgan fingerprint density at radius 3 is 1.44 bits per heavy atom. The van der Waals surface area contributed by atoms with E-state index in [2.05, 4.69) is 5.32 Å². The highest BCUT2D eigenvalue weighted by atomic mass is 16.4. The number of unbranched alkanes of at least 4 members (excludes halogenated alkanes) is 14. The maximum Gasteiger partial charge on any atom is 0.372 e. The third-order valence-electron chi connectivity index (χ3n) is 6.45. The van der Waals surface area contributed by atoms with E-state index >= 15 is 0 Å². The Kier molecular flexibility index (Phi) is 21.7. The molecular weight excluding hydrogens is 462 g/mol. The van der Waals surface area contributed by atoms with Crippen molar-refractivity contribution in [1.82, 2.24) is 5.32 Å². The van der Waals surface area contributed by atoms with Crippen molar-refractivity contribution < 1.29 is 34.2 Å². The molecule has 8 heteroatoms. The van der Waals surface area contributed by atoms with Crippen molar-refractivity contribution in [3.8, 4) is 0 Å². The van der Waals surface area contributed by atoms with Crippen LogP contribution in [-0.2, 0) is 24.0 Å². The van der Waals surface area contributed by atoms with E-state index in [1.807, 2.05) is 6.92 Å². The second-order valence-electron chi connectivity index (χ2n) is 9.82. The third-order valence-corrected chi connectivity index (χ3v) is 6.45. The number of hydrogen-bond donors (Lipinski definition) is 3. The number of carbonyl (C=O) groups is 5. The normalized spacial score (nSPS) is 11.7. The van der Waals surface area contributed by atoms with Crippen LogP contribution in [0.1, 0.15) is 142 Å². The average molecular weight is 512 g/mol. The van der Waals surface area contributed by atoms with E-state index in [1.165, 1.54) is 38.5 Å². The lowest BCUT2D eigenvalue weighted by atomic mass is 10.0. The molecule has 0 aliphatic rings. The monoisotopic (exact) mass is 511 g/mol. The lowest BCUT2D eigenvalue weighted by Crippen LogP contribution is -2.41. The van der Waals surface area contributed by atoms with Crippen molar-refractivity contribution in [2.24, 2.45) is 0 Å². The molecule has 0 unspecified atom stereocenters. The van der Waals surface area contributed by atoms with Gasteiger partial charge in [-0.25, -0.2) is 9.59 Å². The van der Waals surface area contributed by atoms with Gasteiger partial charge >= 0.3 is 11.9 Å². The smallest absolute Gasteiger partial charge is 0.372 e. The van der Waals surface area contributed by atoms with Crippen LogP contribution in [0.3, 0.4) is 0 Å². The summed E-state index contributed by atoms with van der Waals surface area (Å²) in [5, 5.41) is 20.4. The van der Waals surface area contributed by atoms with Crippen molar-refractivity contribution in [2.45, 2.75) is 148 Å². The van der Waals surface area contributed by atoms with Gasteiger partial charge in [0.15, 0.2) is 0 Å². The highest BCUT2D eigenvalue weighted by Crippen LogP contribution is 2.14. The Hall–Kier alpha value is -2.25. The second kappa shape index (κ2) is 23.2. The lowest BCUT2D eigenvalue weighted by Gasteiger charge is -2.14. The van der Waals surface area contributed by atoms with Crippen molar-refractivity contribution >= 4 is 29.4 Å². The topological polar surface area (TPSA) is 138 Å². The van der Waals surface area contributed by atoms with Gasteiger partial charge in [0.25, 0.3) is 0 Å². The molecular formula is C28H49NO7. The maximum absolute atomic E-state index is 12.1. The molecule has 0 fully saturated rings. The number of rotatable bonds is 26. The predicted octanol–water partition coefficient (Wildman–Crippen LogP) is 5.99. The van der Waals surface area contributed by atoms with E-state index in [0.717, 1.165) is 57.8 Å². The minimum absolute atomic E-state index is 0.0544. The van der Waals surface area contributed by atoms with Crippen molar-refractivity contribution in [2.75, 3.05) is 0 Å². The standard InChI is InChI=1S/C28H49NO7/c1-2-3-18-23(30)21-22-24(27(33)34)29-26(32)20-17-15-13-11-9-7-5-4-6-8-10-12-14-16-19-25(31)28(35)36/h24H,2-22H2,1H3,(H,29,32)(H,33,34)(H,35,36)/t24-/m0/s1. The molecule has 0 rings (SSSR count). The highest BCUT2D eigenvalue weighted by Gasteiger charge is 2.20. The van der Waals surface area contributed by atoms with Crippen LogP contribution in [0.5, 0.6) is 0 Å². The van der Waals surface area contributed by atoms with Gasteiger partial charge in [0.1, 0.15) is 11.8 Å². The Bertz CT molecular complexity index is 648. The maximum atomic E-state index is 12.1. The summed E-state index contributed by atoms with van der Waals surface area (Å²) in [7, 11) is 0. The first-order valence-corrected chi connectivity index (χ1v) is 14.1. The number of ketones is 2. The van der Waals surface area contributed by atoms with E-state index in [0.29, 0.717) is 19.3 Å². The summed E-state index contributed by atoms with van der Waals surface area (Å²) in [5.41, 5.74) is 0. The molecule has 0 heterocycles. The Morgan fingerprint density at radius 2 is 1.03 bits per heavy atom. The van der Waals surface area contributed by atoms with Gasteiger partial charge in [-0.1, -0.05) is 90.4 Å². The summed E-state index contributed by atoms with van der Waals surface area (Å²) in [6.07, 6.45) is 18.0. The summed E-state index contributed by atoms with van der Waals surface area (Å²) in [6, 6.07) is -0.988.